The number of nitro benzene ring substituents is 1. The molecule has 1 heterocycles. The number of nitrogens with zero attached hydrogens (tertiary/aromatic N) is 4. The predicted molar refractivity (Wildman–Crippen MR) is 144 cm³/mol. The average Bonchev–Trinajstić information content (AvgIpc) is 3.24. The summed E-state index contributed by atoms with van der Waals surface area (Å²) in [7, 11) is 0. The van der Waals surface area contributed by atoms with E-state index in [4.69, 9.17) is 11.6 Å². The number of anilines is 1. The van der Waals surface area contributed by atoms with E-state index in [1.54, 1.807) is 41.8 Å². The summed E-state index contributed by atoms with van der Waals surface area (Å²) in [5.74, 6) is -0.0900. The van der Waals surface area contributed by atoms with Crippen LogP contribution in [0.3, 0.4) is 0 Å². The highest BCUT2D eigenvalue weighted by Crippen LogP contribution is 2.27. The highest BCUT2D eigenvalue weighted by atomic mass is 35.5. The van der Waals surface area contributed by atoms with Crippen molar-refractivity contribution >= 4 is 46.6 Å². The van der Waals surface area contributed by atoms with Gasteiger partial charge in [0.2, 0.25) is 5.91 Å². The number of nitro groups is 1. The molecule has 0 aliphatic carbocycles. The van der Waals surface area contributed by atoms with Crippen molar-refractivity contribution in [2.75, 3.05) is 11.1 Å². The van der Waals surface area contributed by atoms with Crippen molar-refractivity contribution in [3.8, 4) is 0 Å². The number of thioether (sulfide) groups is 1. The zero-order chi connectivity index (χ0) is 27.1. The maximum atomic E-state index is 12.9. The average molecular weight is 543 g/mol. The molecule has 12 heteroatoms. The standard InChI is InChI=1S/C25H27ClN6O4S/c1-5-12-31-23(22(15(2)3)28-24(34)18-8-6-7-9-19(18)26)29-30-25(31)37-14-21(33)27-20-11-10-17(32(35)36)13-16(20)4/h5-11,13,15,22H,1,12,14H2,2-4H3,(H,27,33)(H,28,34). The number of carbonyl (C=O) groups is 2. The van der Waals surface area contributed by atoms with Crippen molar-refractivity contribution in [3.63, 3.8) is 0 Å². The largest absolute Gasteiger partial charge is 0.342 e. The molecule has 37 heavy (non-hydrogen) atoms. The maximum Gasteiger partial charge on any atom is 0.269 e. The third-order valence-electron chi connectivity index (χ3n) is 5.43. The van der Waals surface area contributed by atoms with E-state index in [0.29, 0.717) is 39.4 Å². The van der Waals surface area contributed by atoms with E-state index in [9.17, 15) is 19.7 Å². The van der Waals surface area contributed by atoms with Crippen LogP contribution in [0.4, 0.5) is 11.4 Å². The van der Waals surface area contributed by atoms with Crippen LogP contribution in [0, 0.1) is 23.0 Å². The lowest BCUT2D eigenvalue weighted by Gasteiger charge is -2.23. The van der Waals surface area contributed by atoms with Gasteiger partial charge in [0.15, 0.2) is 11.0 Å². The van der Waals surface area contributed by atoms with Crippen LogP contribution in [-0.4, -0.2) is 37.3 Å². The fourth-order valence-corrected chi connectivity index (χ4v) is 4.53. The second-order valence-corrected chi connectivity index (χ2v) is 9.86. The van der Waals surface area contributed by atoms with Gasteiger partial charge in [0.25, 0.3) is 11.6 Å². The van der Waals surface area contributed by atoms with Crippen LogP contribution in [-0.2, 0) is 11.3 Å². The van der Waals surface area contributed by atoms with Crippen molar-refractivity contribution in [1.82, 2.24) is 20.1 Å². The SMILES string of the molecule is C=CCn1c(SCC(=O)Nc2ccc([N+](=O)[O-])cc2C)nnc1C(NC(=O)c1ccccc1Cl)C(C)C. The number of non-ortho nitro benzene ring substituents is 1. The molecule has 0 spiro atoms. The minimum Gasteiger partial charge on any atom is -0.342 e. The quantitative estimate of drug-likeness (QED) is 0.147. The number of amides is 2. The molecular weight excluding hydrogens is 516 g/mol. The van der Waals surface area contributed by atoms with Gasteiger partial charge in [0.05, 0.1) is 27.3 Å². The Bertz CT molecular complexity index is 1330. The Kier molecular flexibility index (Phi) is 9.42. The molecule has 0 fully saturated rings. The minimum absolute atomic E-state index is 0.0227. The highest BCUT2D eigenvalue weighted by molar-refractivity contribution is 7.99. The Labute approximate surface area is 223 Å². The molecule has 0 saturated carbocycles. The fraction of sp³-hybridized carbons (Fsp3) is 0.280. The molecule has 194 valence electrons. The summed E-state index contributed by atoms with van der Waals surface area (Å²) < 4.78 is 1.81. The number of hydrogen-bond acceptors (Lipinski definition) is 7. The van der Waals surface area contributed by atoms with Crippen LogP contribution in [0.25, 0.3) is 0 Å². The molecule has 0 radical (unpaired) electrons. The first kappa shape index (κ1) is 27.9. The van der Waals surface area contributed by atoms with Crippen molar-refractivity contribution in [1.29, 1.82) is 0 Å². The van der Waals surface area contributed by atoms with Crippen molar-refractivity contribution in [2.45, 2.75) is 38.5 Å². The van der Waals surface area contributed by atoms with E-state index in [-0.39, 0.29) is 29.2 Å². The summed E-state index contributed by atoms with van der Waals surface area (Å²) in [4.78, 5) is 36.0. The van der Waals surface area contributed by atoms with Gasteiger partial charge in [-0.25, -0.2) is 0 Å². The number of rotatable bonds is 11. The summed E-state index contributed by atoms with van der Waals surface area (Å²) in [5, 5.41) is 26.1. The van der Waals surface area contributed by atoms with Crippen LogP contribution >= 0.6 is 23.4 Å². The fourth-order valence-electron chi connectivity index (χ4n) is 3.55. The van der Waals surface area contributed by atoms with Gasteiger partial charge in [-0.1, -0.05) is 55.4 Å². The third-order valence-corrected chi connectivity index (χ3v) is 6.73. The first-order valence-corrected chi connectivity index (χ1v) is 12.8. The lowest BCUT2D eigenvalue weighted by atomic mass is 10.0. The number of nitrogens with one attached hydrogen (secondary N) is 2. The van der Waals surface area contributed by atoms with Gasteiger partial charge in [0.1, 0.15) is 0 Å². The van der Waals surface area contributed by atoms with Gasteiger partial charge >= 0.3 is 0 Å². The lowest BCUT2D eigenvalue weighted by molar-refractivity contribution is -0.384. The van der Waals surface area contributed by atoms with Crippen LogP contribution < -0.4 is 10.6 Å². The van der Waals surface area contributed by atoms with E-state index in [0.717, 1.165) is 0 Å². The molecule has 3 rings (SSSR count). The summed E-state index contributed by atoms with van der Waals surface area (Å²) in [6.45, 7) is 9.78. The molecule has 0 saturated heterocycles. The van der Waals surface area contributed by atoms with Crippen LogP contribution in [0.5, 0.6) is 0 Å². The number of aromatic nitrogens is 3. The molecule has 10 nitrogen and oxygen atoms in total. The number of benzene rings is 2. The van der Waals surface area contributed by atoms with Crippen molar-refractivity contribution in [3.05, 3.63) is 87.2 Å². The Hall–Kier alpha value is -3.70. The molecule has 1 atom stereocenters. The molecular formula is C25H27ClN6O4S. The van der Waals surface area contributed by atoms with Gasteiger partial charge in [-0.3, -0.25) is 19.7 Å². The van der Waals surface area contributed by atoms with Crippen molar-refractivity contribution < 1.29 is 14.5 Å². The molecule has 0 aliphatic rings. The lowest BCUT2D eigenvalue weighted by Crippen LogP contribution is -2.34. The zero-order valence-electron chi connectivity index (χ0n) is 20.6. The van der Waals surface area contributed by atoms with E-state index in [1.165, 1.54) is 30.0 Å². The van der Waals surface area contributed by atoms with Crippen LogP contribution in [0.1, 0.15) is 41.6 Å². The van der Waals surface area contributed by atoms with Gasteiger partial charge < -0.3 is 15.2 Å². The highest BCUT2D eigenvalue weighted by Gasteiger charge is 2.27. The molecule has 0 aliphatic heterocycles. The monoisotopic (exact) mass is 542 g/mol. The molecule has 2 N–H and O–H groups in total. The first-order chi connectivity index (χ1) is 17.6. The Balaban J connectivity index is 1.75. The first-order valence-electron chi connectivity index (χ1n) is 11.4. The summed E-state index contributed by atoms with van der Waals surface area (Å²) in [6.07, 6.45) is 1.69. The van der Waals surface area contributed by atoms with Gasteiger partial charge in [-0.05, 0) is 36.6 Å². The second kappa shape index (κ2) is 12.5. The van der Waals surface area contributed by atoms with Gasteiger partial charge in [-0.2, -0.15) is 0 Å². The molecule has 2 aromatic carbocycles. The Morgan fingerprint density at radius 1 is 1.24 bits per heavy atom. The van der Waals surface area contributed by atoms with Crippen LogP contribution in [0.15, 0.2) is 60.3 Å². The van der Waals surface area contributed by atoms with Crippen molar-refractivity contribution in [2.24, 2.45) is 5.92 Å². The van der Waals surface area contributed by atoms with E-state index in [2.05, 4.69) is 27.4 Å². The number of aryl methyl sites for hydroxylation is 1. The van der Waals surface area contributed by atoms with Gasteiger partial charge in [-0.15, -0.1) is 16.8 Å². The Morgan fingerprint density at radius 2 is 1.97 bits per heavy atom. The van der Waals surface area contributed by atoms with Crippen LogP contribution in [0.2, 0.25) is 5.02 Å². The number of carbonyl (C=O) groups excluding carboxylic acids is 2. The zero-order valence-corrected chi connectivity index (χ0v) is 22.2. The summed E-state index contributed by atoms with van der Waals surface area (Å²) in [5.41, 5.74) is 1.39. The third kappa shape index (κ3) is 6.95. The van der Waals surface area contributed by atoms with E-state index in [1.807, 2.05) is 13.8 Å². The molecule has 1 aromatic heterocycles. The normalized spacial score (nSPS) is 11.7. The molecule has 1 unspecified atom stereocenters. The Morgan fingerprint density at radius 3 is 2.59 bits per heavy atom. The van der Waals surface area contributed by atoms with Gasteiger partial charge in [0, 0.05) is 24.4 Å². The molecule has 0 bridgehead atoms. The minimum atomic E-state index is -0.486. The topological polar surface area (TPSA) is 132 Å². The second-order valence-electron chi connectivity index (χ2n) is 8.51. The summed E-state index contributed by atoms with van der Waals surface area (Å²) in [6, 6.07) is 10.6. The molecule has 2 amide bonds. The number of halogens is 1. The number of allylic oxidation sites excluding steroid dienone is 1. The number of hydrogen-bond donors (Lipinski definition) is 2. The van der Waals surface area contributed by atoms with E-state index < -0.39 is 11.0 Å². The van der Waals surface area contributed by atoms with E-state index >= 15 is 0 Å². The summed E-state index contributed by atoms with van der Waals surface area (Å²) >= 11 is 7.38. The maximum absolute atomic E-state index is 12.9. The predicted octanol–water partition coefficient (Wildman–Crippen LogP) is 5.19. The molecule has 3 aromatic rings. The smallest absolute Gasteiger partial charge is 0.269 e.